The fourth-order valence-corrected chi connectivity index (χ4v) is 17.6. The molecule has 19 amide bonds. The van der Waals surface area contributed by atoms with Gasteiger partial charge in [0.15, 0.2) is 0 Å². The lowest BCUT2D eigenvalue weighted by molar-refractivity contribution is -0.142. The number of nitrogens with two attached hydrogens (primary N) is 1. The maximum absolute atomic E-state index is 16.0. The van der Waals surface area contributed by atoms with Crippen LogP contribution < -0.4 is 101 Å². The number of benzene rings is 1. The summed E-state index contributed by atoms with van der Waals surface area (Å²) in [6.45, 7) is 20.1. The van der Waals surface area contributed by atoms with Crippen LogP contribution in [0.5, 0.6) is 0 Å². The number of fused-ring (bicyclic) bond motifs is 10. The number of carboxylic acids is 1. The molecule has 6 rings (SSSR count). The van der Waals surface area contributed by atoms with Gasteiger partial charge in [0.1, 0.15) is 78.5 Å². The Balaban J connectivity index is 1.56. The molecule has 125 heavy (non-hydrogen) atoms. The average Bonchev–Trinajstić information content (AvgIpc) is 1.75. The monoisotopic (exact) mass is 1820 g/mol. The van der Waals surface area contributed by atoms with Crippen molar-refractivity contribution in [2.75, 3.05) is 50.0 Å². The first-order valence-electron chi connectivity index (χ1n) is 41.5. The Hall–Kier alpha value is -10.5. The molecule has 0 spiro atoms. The Morgan fingerprint density at radius 1 is 0.560 bits per heavy atom. The van der Waals surface area contributed by atoms with Gasteiger partial charge in [-0.3, -0.25) is 95.9 Å². The number of hydrogen-bond donors (Lipinski definition) is 20. The van der Waals surface area contributed by atoms with Crippen LogP contribution in [-0.4, -0.2) is 284 Å². The van der Waals surface area contributed by atoms with Crippen molar-refractivity contribution in [2.24, 2.45) is 29.4 Å². The molecule has 0 aliphatic carbocycles. The number of thioether (sulfide) groups is 4. The predicted molar refractivity (Wildman–Crippen MR) is 466 cm³/mol. The van der Waals surface area contributed by atoms with Crippen LogP contribution in [0.3, 0.4) is 0 Å². The van der Waals surface area contributed by atoms with E-state index in [1.807, 2.05) is 0 Å². The topological polar surface area (TPSA) is 607 Å². The van der Waals surface area contributed by atoms with Gasteiger partial charge in [-0.15, -0.1) is 11.8 Å². The van der Waals surface area contributed by atoms with Crippen molar-refractivity contribution < 1.29 is 101 Å². The molecule has 19 unspecified atom stereocenters. The SMILES string of the molecule is C=C1NC(=O)C2NC(=O)C(CC(C)C)NC(=O)C(NC(=O)C3CSC(C)C(NC(=O)C(Cc4ccccc4)NC(=O)C4NC(=O)C(N)CSC4C)C(=O)NC(CC(C)C)C(=O)N4CCCC4C(=O)NCC(=O)NCC(=O)NCC(=O)NCC(=O)NC(C(C)C)C(=O)N3)C(C)SCC(NC(=O)C(CCC(=O)O)NC1=O)C(=O)NC(C(C)CC)C(=O)NC=CSC2C. The Morgan fingerprint density at radius 2 is 1.14 bits per heavy atom. The number of hydrogen-bond acceptors (Lipinski definition) is 25. The molecule has 5 heterocycles. The summed E-state index contributed by atoms with van der Waals surface area (Å²) in [6, 6.07) is -13.5. The first-order valence-corrected chi connectivity index (χ1v) is 45.5. The smallest absolute Gasteiger partial charge is 0.303 e. The van der Waals surface area contributed by atoms with E-state index < -0.39 is 298 Å². The molecule has 2 bridgehead atoms. The number of rotatable bonds is 18. The molecule has 0 saturated carbocycles. The second-order valence-corrected chi connectivity index (χ2v) is 37.9. The van der Waals surface area contributed by atoms with E-state index in [9.17, 15) is 62.6 Å². The van der Waals surface area contributed by atoms with Crippen LogP contribution >= 0.6 is 47.0 Å². The van der Waals surface area contributed by atoms with Crippen LogP contribution in [0.15, 0.2) is 54.2 Å². The Labute approximate surface area is 742 Å². The molecule has 45 heteroatoms. The molecule has 21 N–H and O–H groups in total. The van der Waals surface area contributed by atoms with Crippen molar-refractivity contribution >= 4 is 165 Å². The Morgan fingerprint density at radius 3 is 1.74 bits per heavy atom. The van der Waals surface area contributed by atoms with Crippen molar-refractivity contribution in [1.82, 2.24) is 101 Å². The fraction of sp³-hybridized carbons (Fsp3) is 0.625. The van der Waals surface area contributed by atoms with E-state index in [1.165, 1.54) is 62.9 Å². The van der Waals surface area contributed by atoms with Crippen LogP contribution in [0.25, 0.3) is 0 Å². The van der Waals surface area contributed by atoms with Crippen LogP contribution in [0.4, 0.5) is 0 Å². The molecule has 1 aromatic carbocycles. The summed E-state index contributed by atoms with van der Waals surface area (Å²) in [6.07, 6.45) is 0.0583. The fourth-order valence-electron chi connectivity index (χ4n) is 13.6. The van der Waals surface area contributed by atoms with Gasteiger partial charge >= 0.3 is 5.97 Å². The zero-order valence-corrected chi connectivity index (χ0v) is 75.3. The summed E-state index contributed by atoms with van der Waals surface area (Å²) in [5.74, 6) is -23.0. The van der Waals surface area contributed by atoms with E-state index >= 15 is 38.4 Å². The van der Waals surface area contributed by atoms with Crippen molar-refractivity contribution in [3.63, 3.8) is 0 Å². The van der Waals surface area contributed by atoms with Gasteiger partial charge in [-0.2, -0.15) is 35.3 Å². The first kappa shape index (κ1) is 103. The number of carboxylic acid groups (broad SMARTS) is 1. The maximum atomic E-state index is 16.0. The molecule has 690 valence electrons. The number of aliphatic carboxylic acids is 1. The first-order chi connectivity index (χ1) is 59.0. The van der Waals surface area contributed by atoms with Crippen LogP contribution in [-0.2, 0) is 102 Å². The van der Waals surface area contributed by atoms with E-state index in [-0.39, 0.29) is 50.3 Å². The van der Waals surface area contributed by atoms with Crippen molar-refractivity contribution in [2.45, 2.75) is 240 Å². The minimum absolute atomic E-state index is 0.00610. The molecule has 5 aliphatic heterocycles. The molecule has 4 saturated heterocycles. The number of nitrogens with zero attached hydrogens (tertiary/aromatic N) is 1. The predicted octanol–water partition coefficient (Wildman–Crippen LogP) is -4.75. The Bertz CT molecular complexity index is 4170. The minimum Gasteiger partial charge on any atom is -0.481 e. The van der Waals surface area contributed by atoms with E-state index in [0.29, 0.717) is 12.0 Å². The zero-order valence-electron chi connectivity index (χ0n) is 72.0. The van der Waals surface area contributed by atoms with E-state index in [2.05, 4.69) is 102 Å². The summed E-state index contributed by atoms with van der Waals surface area (Å²) >= 11 is 3.62. The average molecular weight is 1830 g/mol. The molecule has 0 radical (unpaired) electrons. The molecule has 4 fully saturated rings. The summed E-state index contributed by atoms with van der Waals surface area (Å²) in [7, 11) is 0. The molecule has 19 atom stereocenters. The van der Waals surface area contributed by atoms with Crippen LogP contribution in [0.1, 0.15) is 134 Å². The zero-order chi connectivity index (χ0) is 92.8. The van der Waals surface area contributed by atoms with Crippen molar-refractivity contribution in [1.29, 1.82) is 0 Å². The summed E-state index contributed by atoms with van der Waals surface area (Å²) in [4.78, 5) is 289. The lowest BCUT2D eigenvalue weighted by Gasteiger charge is -2.33. The van der Waals surface area contributed by atoms with Gasteiger partial charge in [-0.05, 0) is 66.7 Å². The Kier molecular flexibility index (Phi) is 41.3. The third-order valence-corrected chi connectivity index (χ3v) is 26.0. The summed E-state index contributed by atoms with van der Waals surface area (Å²) in [5, 5.41) is 53.2. The van der Waals surface area contributed by atoms with Crippen molar-refractivity contribution in [3.05, 3.63) is 59.8 Å². The summed E-state index contributed by atoms with van der Waals surface area (Å²) < 4.78 is 0. The van der Waals surface area contributed by atoms with Gasteiger partial charge in [0.25, 0.3) is 5.91 Å². The quantitative estimate of drug-likeness (QED) is 0.0485. The van der Waals surface area contributed by atoms with Gasteiger partial charge in [0.2, 0.25) is 106 Å². The van der Waals surface area contributed by atoms with Gasteiger partial charge < -0.3 is 111 Å². The maximum Gasteiger partial charge on any atom is 0.303 e. The standard InChI is InChI=1S/C80H120N20O21S4/c1-14-40(8)61-74(115)82-24-26-122-42(10)62-76(117)87-41(9)66(107)88-48(22-23-59(105)106)68(109)92-52(71(112)95-61)35-124-44(12)64(78(119)89-49(27-37(2)3)69(110)97-62)99-72(113)53-36-125-45(13)65(98-70(111)50(29-46-19-16-15-17-20-46)90-77(118)63-43(11)123-34-47(81)67(108)96-63)79(120)91-51(28-38(4)5)80(121)100-25-18-21-54(100)73(114)86-32-57(103)84-30-55(101)83-31-56(102)85-33-58(104)94-60(39(6)7)75(116)93-53/h15-17,19-20,24,26,37-40,42-45,47-54,60-65H,9,14,18,21-23,25,27-36,81H2,1-8,10-13H3,(H,82,115)(H,83,101)(H,84,103)(H,85,102)(H,86,114)(H,87,117)(H,88,107)(H,89,119)(H,90,118)(H,91,120)(H,92,109)(H,93,116)(H,94,104)(H,95,112)(H,96,108)(H,97,110)(H,98,111)(H,99,113)(H,105,106). The minimum atomic E-state index is -1.94. The summed E-state index contributed by atoms with van der Waals surface area (Å²) in [5.41, 5.74) is 5.93. The number of nitrogens with one attached hydrogen (secondary N) is 18. The van der Waals surface area contributed by atoms with Gasteiger partial charge in [-0.1, -0.05) is 126 Å². The molecule has 0 aromatic heterocycles. The van der Waals surface area contributed by atoms with Crippen LogP contribution in [0.2, 0.25) is 0 Å². The van der Waals surface area contributed by atoms with E-state index in [4.69, 9.17) is 5.73 Å². The lowest BCUT2D eigenvalue weighted by atomic mass is 9.98. The highest BCUT2D eigenvalue weighted by atomic mass is 32.2. The van der Waals surface area contributed by atoms with E-state index in [0.717, 1.165) is 35.3 Å². The normalized spacial score (nSPS) is 28.7. The largest absolute Gasteiger partial charge is 0.481 e. The number of carbonyl (C=O) groups is 20. The second kappa shape index (κ2) is 50.0. The number of amides is 19. The van der Waals surface area contributed by atoms with Gasteiger partial charge in [0, 0.05) is 63.8 Å². The molecule has 5 aliphatic rings. The highest BCUT2D eigenvalue weighted by molar-refractivity contribution is 8.02. The second-order valence-electron chi connectivity index (χ2n) is 32.4. The third-order valence-electron chi connectivity index (χ3n) is 21.0. The molecule has 1 aromatic rings. The molecule has 41 nitrogen and oxygen atoms in total. The highest BCUT2D eigenvalue weighted by Crippen LogP contribution is 2.27. The number of carbonyl (C=O) groups excluding carboxylic acids is 19. The van der Waals surface area contributed by atoms with Crippen LogP contribution in [0, 0.1) is 23.7 Å². The highest BCUT2D eigenvalue weighted by Gasteiger charge is 2.45. The third kappa shape index (κ3) is 32.4. The lowest BCUT2D eigenvalue weighted by Crippen LogP contribution is -2.63. The molecular formula is C80H120N20O21S4. The molecular weight excluding hydrogens is 1710 g/mol. The van der Waals surface area contributed by atoms with Gasteiger partial charge in [0.05, 0.1) is 37.9 Å². The van der Waals surface area contributed by atoms with Gasteiger partial charge in [-0.25, -0.2) is 0 Å². The van der Waals surface area contributed by atoms with Crippen molar-refractivity contribution in [3.8, 4) is 0 Å². The van der Waals surface area contributed by atoms with E-state index in [1.54, 1.807) is 78.8 Å².